The average Bonchev–Trinajstić information content (AvgIpc) is 2.78. The number of rotatable bonds is 6. The second-order valence-electron chi connectivity index (χ2n) is 4.64. The first-order valence-electron chi connectivity index (χ1n) is 6.33. The minimum atomic E-state index is -1.07. The molecule has 0 saturated heterocycles. The van der Waals surface area contributed by atoms with Gasteiger partial charge < -0.3 is 15.7 Å². The Kier molecular flexibility index (Phi) is 5.50. The number of carbonyl (C=O) groups is 2. The predicted octanol–water partition coefficient (Wildman–Crippen LogP) is 1.49. The van der Waals surface area contributed by atoms with Crippen LogP contribution in [0.1, 0.15) is 44.9 Å². The fourth-order valence-electron chi connectivity index (χ4n) is 2.19. The molecule has 0 aromatic heterocycles. The molecule has 1 rings (SSSR count). The molecule has 18 heavy (non-hydrogen) atoms. The maximum Gasteiger partial charge on any atom is 0.329 e. The summed E-state index contributed by atoms with van der Waals surface area (Å²) in [6, 6.07) is -0.403. The number of unbranched alkanes of at least 4 members (excludes halogenated alkanes) is 2. The molecule has 0 radical (unpaired) electrons. The van der Waals surface area contributed by atoms with Crippen LogP contribution in [0.5, 0.6) is 0 Å². The second kappa shape index (κ2) is 6.90. The third-order valence-electron chi connectivity index (χ3n) is 3.25. The van der Waals surface area contributed by atoms with Crippen LogP contribution in [0.3, 0.4) is 0 Å². The summed E-state index contributed by atoms with van der Waals surface area (Å²) in [7, 11) is 0. The van der Waals surface area contributed by atoms with Gasteiger partial charge in [0, 0.05) is 13.0 Å². The molecular formula is C13H20N2O3. The molecule has 0 aliphatic heterocycles. The van der Waals surface area contributed by atoms with E-state index in [0.29, 0.717) is 25.8 Å². The number of terminal acetylenes is 1. The van der Waals surface area contributed by atoms with Gasteiger partial charge in [0.05, 0.1) is 0 Å². The zero-order valence-corrected chi connectivity index (χ0v) is 10.5. The zero-order valence-electron chi connectivity index (χ0n) is 10.5. The standard InChI is InChI=1S/C13H20N2O3/c1-2-3-4-7-10-14-12(18)15-13(11(16)17)8-5-6-9-13/h1H,3-10H2,(H,16,17)(H2,14,15,18). The molecule has 1 saturated carbocycles. The molecule has 3 N–H and O–H groups in total. The second-order valence-corrected chi connectivity index (χ2v) is 4.64. The summed E-state index contributed by atoms with van der Waals surface area (Å²) in [6.07, 6.45) is 10.2. The van der Waals surface area contributed by atoms with E-state index in [1.807, 2.05) is 0 Å². The number of amides is 2. The molecule has 0 spiro atoms. The molecular weight excluding hydrogens is 232 g/mol. The fraction of sp³-hybridized carbons (Fsp3) is 0.692. The van der Waals surface area contributed by atoms with Crippen molar-refractivity contribution in [3.05, 3.63) is 0 Å². The Bertz CT molecular complexity index is 341. The lowest BCUT2D eigenvalue weighted by Crippen LogP contribution is -2.55. The quantitative estimate of drug-likeness (QED) is 0.495. The van der Waals surface area contributed by atoms with Gasteiger partial charge in [-0.1, -0.05) is 12.8 Å². The molecule has 5 heteroatoms. The van der Waals surface area contributed by atoms with Gasteiger partial charge in [0.25, 0.3) is 0 Å². The molecule has 1 aliphatic carbocycles. The van der Waals surface area contributed by atoms with Gasteiger partial charge in [-0.3, -0.25) is 0 Å². The van der Waals surface area contributed by atoms with E-state index in [2.05, 4.69) is 16.6 Å². The highest BCUT2D eigenvalue weighted by Crippen LogP contribution is 2.29. The monoisotopic (exact) mass is 252 g/mol. The smallest absolute Gasteiger partial charge is 0.329 e. The molecule has 0 atom stereocenters. The number of carboxylic acid groups (broad SMARTS) is 1. The third kappa shape index (κ3) is 3.95. The van der Waals surface area contributed by atoms with E-state index < -0.39 is 17.5 Å². The molecule has 1 aliphatic rings. The highest BCUT2D eigenvalue weighted by atomic mass is 16.4. The van der Waals surface area contributed by atoms with Gasteiger partial charge in [0.15, 0.2) is 0 Å². The molecule has 0 unspecified atom stereocenters. The van der Waals surface area contributed by atoms with Crippen molar-refractivity contribution in [2.75, 3.05) is 6.54 Å². The number of hydrogen-bond acceptors (Lipinski definition) is 2. The predicted molar refractivity (Wildman–Crippen MR) is 68.1 cm³/mol. The van der Waals surface area contributed by atoms with Crippen LogP contribution in [-0.4, -0.2) is 29.2 Å². The summed E-state index contributed by atoms with van der Waals surface area (Å²) >= 11 is 0. The Labute approximate surface area is 107 Å². The van der Waals surface area contributed by atoms with Crippen molar-refractivity contribution in [2.45, 2.75) is 50.5 Å². The summed E-state index contributed by atoms with van der Waals surface area (Å²) in [5.74, 6) is 1.59. The lowest BCUT2D eigenvalue weighted by atomic mass is 9.98. The van der Waals surface area contributed by atoms with Gasteiger partial charge in [0.1, 0.15) is 5.54 Å². The normalized spacial score (nSPS) is 16.8. The molecule has 0 aromatic rings. The van der Waals surface area contributed by atoms with Crippen LogP contribution in [0.2, 0.25) is 0 Å². The van der Waals surface area contributed by atoms with Crippen molar-refractivity contribution in [2.24, 2.45) is 0 Å². The van der Waals surface area contributed by atoms with E-state index in [-0.39, 0.29) is 0 Å². The summed E-state index contributed by atoms with van der Waals surface area (Å²) in [5.41, 5.74) is -1.07. The van der Waals surface area contributed by atoms with Crippen LogP contribution in [0.15, 0.2) is 0 Å². The Morgan fingerprint density at radius 1 is 1.28 bits per heavy atom. The van der Waals surface area contributed by atoms with E-state index in [1.165, 1.54) is 0 Å². The number of aliphatic carboxylic acids is 1. The van der Waals surface area contributed by atoms with Crippen LogP contribution in [0.4, 0.5) is 4.79 Å². The fourth-order valence-corrected chi connectivity index (χ4v) is 2.19. The molecule has 5 nitrogen and oxygen atoms in total. The Balaban J connectivity index is 2.30. The lowest BCUT2D eigenvalue weighted by Gasteiger charge is -2.25. The Hall–Kier alpha value is -1.70. The average molecular weight is 252 g/mol. The Morgan fingerprint density at radius 2 is 1.94 bits per heavy atom. The molecule has 2 amide bonds. The van der Waals surface area contributed by atoms with Crippen molar-refractivity contribution in [1.29, 1.82) is 0 Å². The van der Waals surface area contributed by atoms with E-state index >= 15 is 0 Å². The minimum absolute atomic E-state index is 0.403. The highest BCUT2D eigenvalue weighted by Gasteiger charge is 2.42. The summed E-state index contributed by atoms with van der Waals surface area (Å²) in [6.45, 7) is 0.517. The maximum absolute atomic E-state index is 11.6. The highest BCUT2D eigenvalue weighted by molar-refractivity contribution is 5.86. The topological polar surface area (TPSA) is 78.4 Å². The van der Waals surface area contributed by atoms with Crippen LogP contribution in [0.25, 0.3) is 0 Å². The lowest BCUT2D eigenvalue weighted by molar-refractivity contribution is -0.144. The van der Waals surface area contributed by atoms with Crippen molar-refractivity contribution < 1.29 is 14.7 Å². The molecule has 0 aromatic carbocycles. The van der Waals surface area contributed by atoms with Crippen molar-refractivity contribution in [1.82, 2.24) is 10.6 Å². The van der Waals surface area contributed by atoms with Gasteiger partial charge in [-0.05, 0) is 25.7 Å². The number of urea groups is 1. The van der Waals surface area contributed by atoms with E-state index in [9.17, 15) is 14.7 Å². The first-order chi connectivity index (χ1) is 8.60. The largest absolute Gasteiger partial charge is 0.480 e. The van der Waals surface area contributed by atoms with Gasteiger partial charge >= 0.3 is 12.0 Å². The van der Waals surface area contributed by atoms with E-state index in [1.54, 1.807) is 0 Å². The van der Waals surface area contributed by atoms with Crippen molar-refractivity contribution in [3.8, 4) is 12.3 Å². The molecule has 1 fully saturated rings. The number of carboxylic acids is 1. The minimum Gasteiger partial charge on any atom is -0.480 e. The Morgan fingerprint density at radius 3 is 2.50 bits per heavy atom. The van der Waals surface area contributed by atoms with Crippen LogP contribution < -0.4 is 10.6 Å². The molecule has 0 heterocycles. The SMILES string of the molecule is C#CCCCCNC(=O)NC1(C(=O)O)CCCC1. The van der Waals surface area contributed by atoms with Crippen molar-refractivity contribution >= 4 is 12.0 Å². The van der Waals surface area contributed by atoms with Crippen LogP contribution in [0, 0.1) is 12.3 Å². The van der Waals surface area contributed by atoms with Gasteiger partial charge in [-0.25, -0.2) is 9.59 Å². The maximum atomic E-state index is 11.6. The number of hydrogen-bond donors (Lipinski definition) is 3. The summed E-state index contributed by atoms with van der Waals surface area (Å²) < 4.78 is 0. The summed E-state index contributed by atoms with van der Waals surface area (Å²) in [5, 5.41) is 14.4. The van der Waals surface area contributed by atoms with Crippen molar-refractivity contribution in [3.63, 3.8) is 0 Å². The zero-order chi connectivity index (χ0) is 13.4. The van der Waals surface area contributed by atoms with Gasteiger partial charge in [-0.2, -0.15) is 0 Å². The first kappa shape index (κ1) is 14.4. The van der Waals surface area contributed by atoms with E-state index in [0.717, 1.165) is 25.7 Å². The van der Waals surface area contributed by atoms with Crippen LogP contribution in [-0.2, 0) is 4.79 Å². The third-order valence-corrected chi connectivity index (χ3v) is 3.25. The van der Waals surface area contributed by atoms with Crippen LogP contribution >= 0.6 is 0 Å². The first-order valence-corrected chi connectivity index (χ1v) is 6.33. The van der Waals surface area contributed by atoms with Gasteiger partial charge in [0.2, 0.25) is 0 Å². The number of carbonyl (C=O) groups excluding carboxylic acids is 1. The number of nitrogens with one attached hydrogen (secondary N) is 2. The summed E-state index contributed by atoms with van der Waals surface area (Å²) in [4.78, 5) is 22.8. The molecule has 100 valence electrons. The van der Waals surface area contributed by atoms with Gasteiger partial charge in [-0.15, -0.1) is 12.3 Å². The molecule has 0 bridgehead atoms. The van der Waals surface area contributed by atoms with E-state index in [4.69, 9.17) is 6.42 Å².